The van der Waals surface area contributed by atoms with Crippen molar-refractivity contribution in [2.24, 2.45) is 0 Å². The fourth-order valence-electron chi connectivity index (χ4n) is 1.07. The molecule has 1 aromatic heterocycles. The molecule has 0 aliphatic heterocycles. The van der Waals surface area contributed by atoms with Gasteiger partial charge in [0, 0.05) is 25.9 Å². The van der Waals surface area contributed by atoms with E-state index in [1.165, 1.54) is 13.3 Å². The highest BCUT2D eigenvalue weighted by Gasteiger charge is 2.15. The van der Waals surface area contributed by atoms with Gasteiger partial charge >= 0.3 is 11.2 Å². The quantitative estimate of drug-likeness (QED) is 0.575. The summed E-state index contributed by atoms with van der Waals surface area (Å²) >= 11 is 5.64. The number of hydrogen-bond acceptors (Lipinski definition) is 4. The van der Waals surface area contributed by atoms with Crippen molar-refractivity contribution in [3.05, 3.63) is 37.8 Å². The predicted molar refractivity (Wildman–Crippen MR) is 54.2 cm³/mol. The Hall–Kier alpha value is -1.40. The average Bonchev–Trinajstić information content (AvgIpc) is 2.18. The van der Waals surface area contributed by atoms with Crippen LogP contribution in [0.2, 0.25) is 5.02 Å². The summed E-state index contributed by atoms with van der Waals surface area (Å²) in [7, 11) is 1.48. The van der Waals surface area contributed by atoms with Crippen LogP contribution < -0.4 is 5.56 Å². The Balaban J connectivity index is 3.17. The van der Waals surface area contributed by atoms with E-state index in [0.29, 0.717) is 0 Å². The van der Waals surface area contributed by atoms with Crippen molar-refractivity contribution < 1.29 is 9.66 Å². The van der Waals surface area contributed by atoms with Crippen molar-refractivity contribution in [2.75, 3.05) is 13.7 Å². The van der Waals surface area contributed by atoms with Gasteiger partial charge in [-0.1, -0.05) is 11.6 Å². The first-order valence-electron chi connectivity index (χ1n) is 4.09. The summed E-state index contributed by atoms with van der Waals surface area (Å²) in [5.74, 6) is 0. The molecule has 0 N–H and O–H groups in total. The van der Waals surface area contributed by atoms with Crippen molar-refractivity contribution >= 4 is 17.3 Å². The number of rotatable bonds is 4. The van der Waals surface area contributed by atoms with Crippen LogP contribution in [0, 0.1) is 10.1 Å². The summed E-state index contributed by atoms with van der Waals surface area (Å²) in [6.07, 6.45) is 1.34. The molecule has 0 fully saturated rings. The normalized spacial score (nSPS) is 10.3. The van der Waals surface area contributed by atoms with Gasteiger partial charge in [0.25, 0.3) is 0 Å². The van der Waals surface area contributed by atoms with E-state index in [4.69, 9.17) is 16.3 Å². The van der Waals surface area contributed by atoms with Gasteiger partial charge in [-0.05, 0) is 0 Å². The first kappa shape index (κ1) is 11.7. The van der Waals surface area contributed by atoms with Crippen molar-refractivity contribution in [3.8, 4) is 0 Å². The molecule has 0 atom stereocenters. The molecule has 0 aliphatic carbocycles. The van der Waals surface area contributed by atoms with E-state index in [9.17, 15) is 14.9 Å². The first-order chi connectivity index (χ1) is 7.06. The molecule has 0 amide bonds. The van der Waals surface area contributed by atoms with E-state index in [1.807, 2.05) is 0 Å². The van der Waals surface area contributed by atoms with Gasteiger partial charge in [0.15, 0.2) is 0 Å². The molecule has 1 rings (SSSR count). The molecule has 15 heavy (non-hydrogen) atoms. The maximum Gasteiger partial charge on any atom is 0.335 e. The van der Waals surface area contributed by atoms with Crippen molar-refractivity contribution in [3.63, 3.8) is 0 Å². The first-order valence-corrected chi connectivity index (χ1v) is 4.47. The monoisotopic (exact) mass is 232 g/mol. The Morgan fingerprint density at radius 3 is 2.87 bits per heavy atom. The van der Waals surface area contributed by atoms with Crippen molar-refractivity contribution in [1.82, 2.24) is 4.57 Å². The van der Waals surface area contributed by atoms with Crippen molar-refractivity contribution in [1.29, 1.82) is 0 Å². The lowest BCUT2D eigenvalue weighted by Crippen LogP contribution is -2.23. The second-order valence-electron chi connectivity index (χ2n) is 2.79. The molecule has 0 aromatic carbocycles. The fraction of sp³-hybridized carbons (Fsp3) is 0.375. The minimum atomic E-state index is -0.752. The van der Waals surface area contributed by atoms with Crippen LogP contribution in [0.3, 0.4) is 0 Å². The molecule has 0 saturated heterocycles. The van der Waals surface area contributed by atoms with Gasteiger partial charge in [0.1, 0.15) is 0 Å². The van der Waals surface area contributed by atoms with E-state index < -0.39 is 16.2 Å². The summed E-state index contributed by atoms with van der Waals surface area (Å²) in [5.41, 5.74) is -1.21. The number of ether oxygens (including phenoxy) is 1. The second-order valence-corrected chi connectivity index (χ2v) is 3.23. The molecule has 1 aromatic rings. The topological polar surface area (TPSA) is 74.4 Å². The minimum absolute atomic E-state index is 0.150. The molecular formula is C8H9ClN2O4. The molecule has 82 valence electrons. The van der Waals surface area contributed by atoms with Crippen LogP contribution in [0.1, 0.15) is 0 Å². The molecule has 0 aliphatic rings. The number of methoxy groups -OCH3 is 1. The summed E-state index contributed by atoms with van der Waals surface area (Å²) in [6.45, 7) is 0.522. The van der Waals surface area contributed by atoms with E-state index >= 15 is 0 Å². The predicted octanol–water partition coefficient (Wildman–Crippen LogP) is 1.06. The third-order valence-electron chi connectivity index (χ3n) is 1.77. The summed E-state index contributed by atoms with van der Waals surface area (Å²) in [6, 6.07) is 1.03. The number of aromatic nitrogens is 1. The molecule has 7 heteroatoms. The highest BCUT2D eigenvalue weighted by atomic mass is 35.5. The Kier molecular flexibility index (Phi) is 3.81. The summed E-state index contributed by atoms with van der Waals surface area (Å²) in [5, 5.41) is 10.7. The number of hydrogen-bond donors (Lipinski definition) is 0. The summed E-state index contributed by atoms with van der Waals surface area (Å²) < 4.78 is 5.93. The Morgan fingerprint density at radius 1 is 1.67 bits per heavy atom. The highest BCUT2D eigenvalue weighted by molar-refractivity contribution is 6.30. The zero-order valence-corrected chi connectivity index (χ0v) is 8.73. The standard InChI is InChI=1S/C8H9ClN2O4/c1-15-3-2-10-5-6(9)4-7(8(10)12)11(13)14/h4-5H,2-3H2,1H3. The van der Waals surface area contributed by atoms with Gasteiger partial charge in [0.05, 0.1) is 16.6 Å². The van der Waals surface area contributed by atoms with E-state index in [-0.39, 0.29) is 18.2 Å². The lowest BCUT2D eigenvalue weighted by molar-refractivity contribution is -0.386. The maximum atomic E-state index is 11.5. The molecule has 0 saturated carbocycles. The highest BCUT2D eigenvalue weighted by Crippen LogP contribution is 2.12. The number of nitro groups is 1. The molecule has 6 nitrogen and oxygen atoms in total. The third-order valence-corrected chi connectivity index (χ3v) is 1.97. The molecule has 0 bridgehead atoms. The van der Waals surface area contributed by atoms with Gasteiger partial charge in [-0.25, -0.2) is 0 Å². The van der Waals surface area contributed by atoms with E-state index in [2.05, 4.69) is 0 Å². The van der Waals surface area contributed by atoms with Crippen LogP contribution in [-0.2, 0) is 11.3 Å². The van der Waals surface area contributed by atoms with Crippen LogP contribution in [-0.4, -0.2) is 23.2 Å². The zero-order chi connectivity index (χ0) is 11.4. The van der Waals surface area contributed by atoms with E-state index in [0.717, 1.165) is 10.6 Å². The van der Waals surface area contributed by atoms with Gasteiger partial charge in [-0.3, -0.25) is 14.9 Å². The Morgan fingerprint density at radius 2 is 2.33 bits per heavy atom. The van der Waals surface area contributed by atoms with Crippen molar-refractivity contribution in [2.45, 2.75) is 6.54 Å². The number of pyridine rings is 1. The fourth-order valence-corrected chi connectivity index (χ4v) is 1.29. The van der Waals surface area contributed by atoms with Crippen LogP contribution in [0.15, 0.2) is 17.1 Å². The number of nitrogens with zero attached hydrogens (tertiary/aromatic N) is 2. The van der Waals surface area contributed by atoms with E-state index in [1.54, 1.807) is 0 Å². The SMILES string of the molecule is COCCn1cc(Cl)cc([N+](=O)[O-])c1=O. The lowest BCUT2D eigenvalue weighted by Gasteiger charge is -2.04. The van der Waals surface area contributed by atoms with Crippen LogP contribution >= 0.6 is 11.6 Å². The maximum absolute atomic E-state index is 11.5. The Bertz CT molecular complexity index is 429. The summed E-state index contributed by atoms with van der Waals surface area (Å²) in [4.78, 5) is 21.2. The van der Waals surface area contributed by atoms with Gasteiger partial charge in [-0.2, -0.15) is 0 Å². The number of halogens is 1. The molecule has 1 heterocycles. The van der Waals surface area contributed by atoms with Crippen LogP contribution in [0.5, 0.6) is 0 Å². The average molecular weight is 233 g/mol. The Labute approximate surface area is 90.2 Å². The minimum Gasteiger partial charge on any atom is -0.383 e. The van der Waals surface area contributed by atoms with Gasteiger partial charge in [0.2, 0.25) is 0 Å². The third kappa shape index (κ3) is 2.77. The molecule has 0 spiro atoms. The van der Waals surface area contributed by atoms with Crippen LogP contribution in [0.4, 0.5) is 5.69 Å². The van der Waals surface area contributed by atoms with Gasteiger partial charge in [-0.15, -0.1) is 0 Å². The van der Waals surface area contributed by atoms with Gasteiger partial charge < -0.3 is 9.30 Å². The lowest BCUT2D eigenvalue weighted by atomic mass is 10.4. The second kappa shape index (κ2) is 4.90. The molecular weight excluding hydrogens is 224 g/mol. The molecule has 0 unspecified atom stereocenters. The largest absolute Gasteiger partial charge is 0.383 e. The zero-order valence-electron chi connectivity index (χ0n) is 7.97. The molecule has 0 radical (unpaired) electrons. The van der Waals surface area contributed by atoms with Crippen LogP contribution in [0.25, 0.3) is 0 Å². The smallest absolute Gasteiger partial charge is 0.335 e.